The van der Waals surface area contributed by atoms with Crippen LogP contribution in [0.15, 0.2) is 48.5 Å². The van der Waals surface area contributed by atoms with Gasteiger partial charge in [-0.3, -0.25) is 20.4 Å². The van der Waals surface area contributed by atoms with Gasteiger partial charge in [-0.25, -0.2) is 0 Å². The molecule has 2 amide bonds. The van der Waals surface area contributed by atoms with E-state index in [4.69, 9.17) is 11.6 Å². The molecule has 0 aliphatic heterocycles. The van der Waals surface area contributed by atoms with Crippen molar-refractivity contribution >= 4 is 29.5 Å². The Hall–Kier alpha value is -2.80. The van der Waals surface area contributed by atoms with Crippen LogP contribution in [0.4, 0.5) is 13.2 Å². The van der Waals surface area contributed by atoms with Crippen LogP contribution in [0, 0.1) is 6.92 Å². The van der Waals surface area contributed by atoms with E-state index in [9.17, 15) is 22.8 Å². The number of rotatable bonds is 3. The van der Waals surface area contributed by atoms with Crippen molar-refractivity contribution in [3.8, 4) is 0 Å². The van der Waals surface area contributed by atoms with Gasteiger partial charge >= 0.3 is 6.18 Å². The second kappa shape index (κ2) is 8.05. The van der Waals surface area contributed by atoms with Gasteiger partial charge in [0.05, 0.1) is 10.6 Å². The number of hydrazine groups is 1. The van der Waals surface area contributed by atoms with E-state index in [1.54, 1.807) is 31.2 Å². The van der Waals surface area contributed by atoms with Crippen molar-refractivity contribution in [2.75, 3.05) is 0 Å². The maximum atomic E-state index is 12.8. The van der Waals surface area contributed by atoms with Crippen LogP contribution in [0.5, 0.6) is 0 Å². The monoisotopic (exact) mass is 382 g/mol. The molecule has 0 aromatic heterocycles. The molecule has 0 aliphatic rings. The number of nitrogens with one attached hydrogen (secondary N) is 2. The Morgan fingerprint density at radius 1 is 1.08 bits per heavy atom. The molecule has 8 heteroatoms. The first kappa shape index (κ1) is 19.5. The lowest BCUT2D eigenvalue weighted by Gasteiger charge is -2.09. The van der Waals surface area contributed by atoms with Gasteiger partial charge in [0.2, 0.25) is 0 Å². The first-order valence-electron chi connectivity index (χ1n) is 7.39. The van der Waals surface area contributed by atoms with Crippen LogP contribution >= 0.6 is 11.6 Å². The molecular weight excluding hydrogens is 369 g/mol. The highest BCUT2D eigenvalue weighted by Gasteiger charge is 2.33. The van der Waals surface area contributed by atoms with Crippen molar-refractivity contribution in [1.29, 1.82) is 0 Å². The molecule has 0 radical (unpaired) electrons. The minimum atomic E-state index is -4.59. The Labute approximate surface area is 152 Å². The van der Waals surface area contributed by atoms with Gasteiger partial charge in [-0.1, -0.05) is 35.9 Å². The van der Waals surface area contributed by atoms with E-state index in [1.807, 2.05) is 0 Å². The van der Waals surface area contributed by atoms with Crippen LogP contribution in [0.3, 0.4) is 0 Å². The van der Waals surface area contributed by atoms with Crippen molar-refractivity contribution < 1.29 is 22.8 Å². The maximum absolute atomic E-state index is 12.8. The Morgan fingerprint density at radius 2 is 1.77 bits per heavy atom. The lowest BCUT2D eigenvalue weighted by Crippen LogP contribution is -2.41. The predicted molar refractivity (Wildman–Crippen MR) is 92.3 cm³/mol. The third-order valence-electron chi connectivity index (χ3n) is 3.41. The van der Waals surface area contributed by atoms with Gasteiger partial charge in [0.15, 0.2) is 0 Å². The van der Waals surface area contributed by atoms with E-state index in [0.29, 0.717) is 5.56 Å². The van der Waals surface area contributed by atoms with E-state index in [-0.39, 0.29) is 5.56 Å². The Balaban J connectivity index is 2.00. The highest BCUT2D eigenvalue weighted by Crippen LogP contribution is 2.35. The van der Waals surface area contributed by atoms with Crippen LogP contribution in [-0.2, 0) is 11.0 Å². The molecule has 2 aromatic carbocycles. The molecule has 2 N–H and O–H groups in total. The van der Waals surface area contributed by atoms with Crippen molar-refractivity contribution in [2.45, 2.75) is 13.1 Å². The molecule has 0 spiro atoms. The van der Waals surface area contributed by atoms with Crippen LogP contribution in [-0.4, -0.2) is 11.8 Å². The maximum Gasteiger partial charge on any atom is 0.417 e. The molecule has 0 fully saturated rings. The smallest absolute Gasteiger partial charge is 0.268 e. The molecule has 0 atom stereocenters. The van der Waals surface area contributed by atoms with Gasteiger partial charge < -0.3 is 0 Å². The largest absolute Gasteiger partial charge is 0.417 e. The highest BCUT2D eigenvalue weighted by atomic mass is 35.5. The quantitative estimate of drug-likeness (QED) is 0.619. The average molecular weight is 383 g/mol. The Morgan fingerprint density at radius 3 is 2.42 bits per heavy atom. The molecule has 0 unspecified atom stereocenters. The van der Waals surface area contributed by atoms with E-state index in [2.05, 4.69) is 10.9 Å². The first-order chi connectivity index (χ1) is 12.2. The van der Waals surface area contributed by atoms with Crippen molar-refractivity contribution in [3.05, 3.63) is 75.8 Å². The summed E-state index contributed by atoms with van der Waals surface area (Å²) in [5, 5.41) is -0.426. The zero-order valence-electron chi connectivity index (χ0n) is 13.5. The van der Waals surface area contributed by atoms with Crippen molar-refractivity contribution in [2.24, 2.45) is 0 Å². The van der Waals surface area contributed by atoms with Crippen LogP contribution in [0.2, 0.25) is 5.02 Å². The number of halogens is 4. The third kappa shape index (κ3) is 5.10. The second-order valence-corrected chi connectivity index (χ2v) is 5.74. The van der Waals surface area contributed by atoms with Gasteiger partial charge in [-0.15, -0.1) is 0 Å². The molecular formula is C18H14ClF3N2O2. The molecule has 0 saturated heterocycles. The Bertz CT molecular complexity index is 864. The summed E-state index contributed by atoms with van der Waals surface area (Å²) >= 11 is 5.53. The number of alkyl halides is 3. The van der Waals surface area contributed by atoms with Gasteiger partial charge in [-0.2, -0.15) is 13.2 Å². The van der Waals surface area contributed by atoms with Gasteiger partial charge in [0, 0.05) is 11.6 Å². The summed E-state index contributed by atoms with van der Waals surface area (Å²) in [6.45, 7) is 1.75. The number of amides is 2. The second-order valence-electron chi connectivity index (χ2n) is 5.33. The van der Waals surface area contributed by atoms with Crippen LogP contribution in [0.25, 0.3) is 6.08 Å². The molecule has 4 nitrogen and oxygen atoms in total. The van der Waals surface area contributed by atoms with E-state index in [1.165, 1.54) is 12.1 Å². The normalized spacial score (nSPS) is 11.4. The van der Waals surface area contributed by atoms with E-state index < -0.39 is 28.6 Å². The average Bonchev–Trinajstić information content (AvgIpc) is 2.58. The number of hydrogen-bond acceptors (Lipinski definition) is 2. The number of benzene rings is 2. The summed E-state index contributed by atoms with van der Waals surface area (Å²) in [6.07, 6.45) is -2.41. The minimum Gasteiger partial charge on any atom is -0.268 e. The summed E-state index contributed by atoms with van der Waals surface area (Å²) in [5.41, 5.74) is 4.67. The molecule has 0 bridgehead atoms. The summed E-state index contributed by atoms with van der Waals surface area (Å²) in [4.78, 5) is 23.7. The number of carbonyl (C=O) groups is 2. The highest BCUT2D eigenvalue weighted by molar-refractivity contribution is 6.31. The molecule has 0 saturated carbocycles. The van der Waals surface area contributed by atoms with Crippen molar-refractivity contribution in [3.63, 3.8) is 0 Å². The number of carbonyl (C=O) groups excluding carboxylic acids is 2. The Kier molecular flexibility index (Phi) is 6.05. The molecule has 0 aliphatic carbocycles. The van der Waals surface area contributed by atoms with Crippen LogP contribution in [0.1, 0.15) is 27.0 Å². The van der Waals surface area contributed by atoms with E-state index in [0.717, 1.165) is 23.8 Å². The molecule has 2 rings (SSSR count). The number of aryl methyl sites for hydroxylation is 1. The summed E-state index contributed by atoms with van der Waals surface area (Å²) < 4.78 is 38.4. The number of hydrogen-bond donors (Lipinski definition) is 2. The van der Waals surface area contributed by atoms with Crippen LogP contribution < -0.4 is 10.9 Å². The topological polar surface area (TPSA) is 58.2 Å². The lowest BCUT2D eigenvalue weighted by atomic mass is 10.1. The molecule has 2 aromatic rings. The fourth-order valence-corrected chi connectivity index (χ4v) is 2.32. The zero-order valence-corrected chi connectivity index (χ0v) is 14.3. The zero-order chi connectivity index (χ0) is 19.3. The van der Waals surface area contributed by atoms with Gasteiger partial charge in [0.25, 0.3) is 11.8 Å². The third-order valence-corrected chi connectivity index (χ3v) is 3.74. The summed E-state index contributed by atoms with van der Waals surface area (Å²) in [7, 11) is 0. The van der Waals surface area contributed by atoms with Crippen molar-refractivity contribution in [1.82, 2.24) is 10.9 Å². The summed E-state index contributed by atoms with van der Waals surface area (Å²) in [6, 6.07) is 10.1. The van der Waals surface area contributed by atoms with E-state index >= 15 is 0 Å². The molecule has 26 heavy (non-hydrogen) atoms. The fourth-order valence-electron chi connectivity index (χ4n) is 2.09. The van der Waals surface area contributed by atoms with Gasteiger partial charge in [0.1, 0.15) is 0 Å². The SMILES string of the molecule is Cc1ccccc1C(=O)NNC(=O)/C=C/c1ccc(Cl)c(C(F)(F)F)c1. The minimum absolute atomic E-state index is 0.141. The fraction of sp³-hybridized carbons (Fsp3) is 0.111. The molecule has 136 valence electrons. The first-order valence-corrected chi connectivity index (χ1v) is 7.77. The lowest BCUT2D eigenvalue weighted by molar-refractivity contribution is -0.137. The summed E-state index contributed by atoms with van der Waals surface area (Å²) in [5.74, 6) is -1.20. The standard InChI is InChI=1S/C18H14ClF3N2O2/c1-11-4-2-3-5-13(11)17(26)24-23-16(25)9-7-12-6-8-15(19)14(10-12)18(20,21)22/h2-10H,1H3,(H,23,25)(H,24,26)/b9-7+. The molecule has 0 heterocycles. The van der Waals surface area contributed by atoms with Gasteiger partial charge in [-0.05, 0) is 42.3 Å². The predicted octanol–water partition coefficient (Wildman–Crippen LogP) is 4.14.